The smallest absolute Gasteiger partial charge is 0.303 e. The van der Waals surface area contributed by atoms with Gasteiger partial charge in [0.2, 0.25) is 0 Å². The lowest BCUT2D eigenvalue weighted by Gasteiger charge is -2.17. The molecule has 2 nitrogen and oxygen atoms in total. The van der Waals surface area contributed by atoms with Crippen LogP contribution in [-0.4, -0.2) is 30.3 Å². The van der Waals surface area contributed by atoms with Gasteiger partial charge in [0, 0.05) is 19.4 Å². The van der Waals surface area contributed by atoms with Gasteiger partial charge in [-0.05, 0) is 24.7 Å². The van der Waals surface area contributed by atoms with Gasteiger partial charge in [0.05, 0.1) is 5.56 Å². The number of ketones is 1. The minimum absolute atomic E-state index is 0.0313. The second kappa shape index (κ2) is 7.43. The third-order valence-corrected chi connectivity index (χ3v) is 3.26. The summed E-state index contributed by atoms with van der Waals surface area (Å²) in [7, 11) is 0. The fourth-order valence-corrected chi connectivity index (χ4v) is 2.00. The zero-order valence-corrected chi connectivity index (χ0v) is 11.8. The maximum Gasteiger partial charge on any atom is 0.416 e. The summed E-state index contributed by atoms with van der Waals surface area (Å²) in [4.78, 5) is 13.9. The fraction of sp³-hybridized carbons (Fsp3) is 0.533. The normalized spacial score (nSPS) is 11.9. The maximum atomic E-state index is 12.6. The standard InChI is InChI=1S/C15H20F3NO/c1-3-19(4-2)9-8-14(20)11-12-6-5-7-13(10-12)15(16,17)18/h5-7,10H,3-4,8-9,11H2,1-2H3. The molecular formula is C15H20F3NO. The van der Waals surface area contributed by atoms with E-state index in [-0.39, 0.29) is 12.2 Å². The van der Waals surface area contributed by atoms with Gasteiger partial charge in [0.15, 0.2) is 0 Å². The number of rotatable bonds is 7. The summed E-state index contributed by atoms with van der Waals surface area (Å²) in [6, 6.07) is 4.97. The monoisotopic (exact) mass is 287 g/mol. The van der Waals surface area contributed by atoms with Crippen molar-refractivity contribution in [2.45, 2.75) is 32.9 Å². The van der Waals surface area contributed by atoms with Gasteiger partial charge in [-0.15, -0.1) is 0 Å². The molecule has 0 saturated carbocycles. The number of nitrogens with zero attached hydrogens (tertiary/aromatic N) is 1. The molecule has 1 aromatic carbocycles. The first kappa shape index (κ1) is 16.7. The van der Waals surface area contributed by atoms with E-state index in [1.54, 1.807) is 6.07 Å². The summed E-state index contributed by atoms with van der Waals surface area (Å²) in [5.74, 6) is -0.0313. The molecule has 0 amide bonds. The van der Waals surface area contributed by atoms with Crippen LogP contribution in [0.3, 0.4) is 0 Å². The molecule has 0 unspecified atom stereocenters. The number of hydrogen-bond acceptors (Lipinski definition) is 2. The SMILES string of the molecule is CCN(CC)CCC(=O)Cc1cccc(C(F)(F)F)c1. The minimum Gasteiger partial charge on any atom is -0.303 e. The highest BCUT2D eigenvalue weighted by atomic mass is 19.4. The Kier molecular flexibility index (Phi) is 6.20. The zero-order chi connectivity index (χ0) is 15.2. The summed E-state index contributed by atoms with van der Waals surface area (Å²) in [5.41, 5.74) is -0.282. The summed E-state index contributed by atoms with van der Waals surface area (Å²) in [6.07, 6.45) is -3.93. The lowest BCUT2D eigenvalue weighted by Crippen LogP contribution is -2.26. The molecule has 0 atom stereocenters. The molecule has 5 heteroatoms. The average molecular weight is 287 g/mol. The Morgan fingerprint density at radius 3 is 2.40 bits per heavy atom. The first-order valence-corrected chi connectivity index (χ1v) is 6.77. The molecule has 0 aliphatic carbocycles. The van der Waals surface area contributed by atoms with Crippen molar-refractivity contribution in [1.29, 1.82) is 0 Å². The van der Waals surface area contributed by atoms with Crippen molar-refractivity contribution in [2.75, 3.05) is 19.6 Å². The Balaban J connectivity index is 2.58. The average Bonchev–Trinajstić information content (AvgIpc) is 2.39. The second-order valence-electron chi connectivity index (χ2n) is 4.69. The molecule has 0 radical (unpaired) electrons. The Hall–Kier alpha value is -1.36. The Labute approximate surface area is 117 Å². The third kappa shape index (κ3) is 5.33. The van der Waals surface area contributed by atoms with Gasteiger partial charge >= 0.3 is 6.18 Å². The van der Waals surface area contributed by atoms with E-state index in [4.69, 9.17) is 0 Å². The highest BCUT2D eigenvalue weighted by molar-refractivity contribution is 5.81. The maximum absolute atomic E-state index is 12.6. The molecule has 0 aromatic heterocycles. The van der Waals surface area contributed by atoms with Crippen molar-refractivity contribution in [2.24, 2.45) is 0 Å². The predicted octanol–water partition coefficient (Wildman–Crippen LogP) is 3.55. The van der Waals surface area contributed by atoms with Crippen LogP contribution in [0.25, 0.3) is 0 Å². The third-order valence-electron chi connectivity index (χ3n) is 3.26. The van der Waals surface area contributed by atoms with E-state index in [2.05, 4.69) is 4.90 Å². The zero-order valence-electron chi connectivity index (χ0n) is 11.8. The fourth-order valence-electron chi connectivity index (χ4n) is 2.00. The Morgan fingerprint density at radius 2 is 1.85 bits per heavy atom. The van der Waals surface area contributed by atoms with Crippen LogP contribution in [0.4, 0.5) is 13.2 Å². The summed E-state index contributed by atoms with van der Waals surface area (Å²) >= 11 is 0. The molecule has 0 bridgehead atoms. The van der Waals surface area contributed by atoms with Crippen LogP contribution >= 0.6 is 0 Å². The van der Waals surface area contributed by atoms with Gasteiger partial charge < -0.3 is 4.90 Å². The number of alkyl halides is 3. The van der Waals surface area contributed by atoms with E-state index in [1.807, 2.05) is 13.8 Å². The molecule has 1 rings (SSSR count). The second-order valence-corrected chi connectivity index (χ2v) is 4.69. The van der Waals surface area contributed by atoms with Crippen LogP contribution in [0.15, 0.2) is 24.3 Å². The quantitative estimate of drug-likeness (QED) is 0.764. The van der Waals surface area contributed by atoms with Crippen LogP contribution < -0.4 is 0 Å². The van der Waals surface area contributed by atoms with Gasteiger partial charge in [-0.1, -0.05) is 32.0 Å². The van der Waals surface area contributed by atoms with Gasteiger partial charge in [0.1, 0.15) is 5.78 Å². The molecule has 0 N–H and O–H groups in total. The minimum atomic E-state index is -4.36. The number of hydrogen-bond donors (Lipinski definition) is 0. The van der Waals surface area contributed by atoms with E-state index in [9.17, 15) is 18.0 Å². The van der Waals surface area contributed by atoms with Crippen molar-refractivity contribution < 1.29 is 18.0 Å². The van der Waals surface area contributed by atoms with E-state index in [0.29, 0.717) is 18.5 Å². The topological polar surface area (TPSA) is 20.3 Å². The number of benzene rings is 1. The number of carbonyl (C=O) groups is 1. The molecule has 0 fully saturated rings. The van der Waals surface area contributed by atoms with E-state index in [0.717, 1.165) is 25.2 Å². The molecule has 0 saturated heterocycles. The van der Waals surface area contributed by atoms with Crippen molar-refractivity contribution >= 4 is 5.78 Å². The summed E-state index contributed by atoms with van der Waals surface area (Å²) in [5, 5.41) is 0. The van der Waals surface area contributed by atoms with Crippen LogP contribution in [0, 0.1) is 0 Å². The number of Topliss-reactive ketones (excluding diaryl/α,β-unsaturated/α-hetero) is 1. The lowest BCUT2D eigenvalue weighted by atomic mass is 10.0. The van der Waals surface area contributed by atoms with Crippen molar-refractivity contribution in [3.63, 3.8) is 0 Å². The molecule has 0 heterocycles. The summed E-state index contributed by atoms with van der Waals surface area (Å²) < 4.78 is 37.7. The van der Waals surface area contributed by atoms with Gasteiger partial charge in [0.25, 0.3) is 0 Å². The highest BCUT2D eigenvalue weighted by Gasteiger charge is 2.30. The molecule has 0 spiro atoms. The number of carbonyl (C=O) groups excluding carboxylic acids is 1. The highest BCUT2D eigenvalue weighted by Crippen LogP contribution is 2.29. The lowest BCUT2D eigenvalue weighted by molar-refractivity contribution is -0.137. The van der Waals surface area contributed by atoms with Crippen molar-refractivity contribution in [1.82, 2.24) is 4.90 Å². The number of halogens is 3. The van der Waals surface area contributed by atoms with Crippen molar-refractivity contribution in [3.05, 3.63) is 35.4 Å². The van der Waals surface area contributed by atoms with Gasteiger partial charge in [-0.25, -0.2) is 0 Å². The van der Waals surface area contributed by atoms with Crippen LogP contribution in [-0.2, 0) is 17.4 Å². The van der Waals surface area contributed by atoms with Crippen LogP contribution in [0.5, 0.6) is 0 Å². The predicted molar refractivity (Wildman–Crippen MR) is 72.6 cm³/mol. The molecule has 0 aliphatic rings. The van der Waals surface area contributed by atoms with E-state index >= 15 is 0 Å². The first-order chi connectivity index (χ1) is 9.36. The van der Waals surface area contributed by atoms with Crippen LogP contribution in [0.1, 0.15) is 31.4 Å². The van der Waals surface area contributed by atoms with Crippen LogP contribution in [0.2, 0.25) is 0 Å². The Bertz CT molecular complexity index is 439. The first-order valence-electron chi connectivity index (χ1n) is 6.77. The molecular weight excluding hydrogens is 267 g/mol. The molecule has 1 aromatic rings. The molecule has 20 heavy (non-hydrogen) atoms. The van der Waals surface area contributed by atoms with E-state index < -0.39 is 11.7 Å². The van der Waals surface area contributed by atoms with E-state index in [1.165, 1.54) is 6.07 Å². The Morgan fingerprint density at radius 1 is 1.20 bits per heavy atom. The molecule has 0 aliphatic heterocycles. The van der Waals surface area contributed by atoms with Crippen molar-refractivity contribution in [3.8, 4) is 0 Å². The summed E-state index contributed by atoms with van der Waals surface area (Å²) in [6.45, 7) is 6.42. The van der Waals surface area contributed by atoms with Gasteiger partial charge in [-0.2, -0.15) is 13.2 Å². The largest absolute Gasteiger partial charge is 0.416 e. The van der Waals surface area contributed by atoms with Gasteiger partial charge in [-0.3, -0.25) is 4.79 Å². The molecule has 112 valence electrons.